The van der Waals surface area contributed by atoms with Crippen molar-refractivity contribution in [1.82, 2.24) is 15.3 Å². The lowest BCUT2D eigenvalue weighted by atomic mass is 9.96. The third-order valence-electron chi connectivity index (χ3n) is 6.32. The van der Waals surface area contributed by atoms with Gasteiger partial charge in [-0.15, -0.1) is 11.8 Å². The molecular weight excluding hydrogens is 504 g/mol. The fourth-order valence-electron chi connectivity index (χ4n) is 4.48. The van der Waals surface area contributed by atoms with Crippen molar-refractivity contribution >= 4 is 23.5 Å². The summed E-state index contributed by atoms with van der Waals surface area (Å²) in [5.41, 5.74) is 2.76. The van der Waals surface area contributed by atoms with Gasteiger partial charge in [0.1, 0.15) is 47.5 Å². The Morgan fingerprint density at radius 2 is 1.97 bits per heavy atom. The average Bonchev–Trinajstić information content (AvgIpc) is 3.40. The van der Waals surface area contributed by atoms with Crippen LogP contribution < -0.4 is 19.7 Å². The topological polar surface area (TPSA) is 144 Å². The quantitative estimate of drug-likeness (QED) is 0.458. The zero-order valence-corrected chi connectivity index (χ0v) is 21.4. The van der Waals surface area contributed by atoms with Crippen molar-refractivity contribution in [3.8, 4) is 34.8 Å². The molecular formula is C27H24N6O4S. The molecule has 0 saturated carbocycles. The van der Waals surface area contributed by atoms with E-state index in [1.807, 2.05) is 4.90 Å². The van der Waals surface area contributed by atoms with Gasteiger partial charge in [0.25, 0.3) is 5.91 Å². The Kier molecular flexibility index (Phi) is 7.31. The van der Waals surface area contributed by atoms with Gasteiger partial charge in [-0.3, -0.25) is 9.78 Å². The van der Waals surface area contributed by atoms with Crippen LogP contribution in [0.5, 0.6) is 11.5 Å². The zero-order valence-electron chi connectivity index (χ0n) is 20.6. The summed E-state index contributed by atoms with van der Waals surface area (Å²) in [6, 6.07) is 13.4. The van der Waals surface area contributed by atoms with Gasteiger partial charge in [0.2, 0.25) is 0 Å². The van der Waals surface area contributed by atoms with E-state index >= 15 is 0 Å². The van der Waals surface area contributed by atoms with E-state index in [4.69, 9.17) is 14.5 Å². The van der Waals surface area contributed by atoms with Crippen LogP contribution in [-0.2, 0) is 5.75 Å². The number of anilines is 1. The van der Waals surface area contributed by atoms with Crippen LogP contribution >= 0.6 is 11.8 Å². The Morgan fingerprint density at radius 3 is 2.68 bits per heavy atom. The first-order valence-electron chi connectivity index (χ1n) is 12.0. The third kappa shape index (κ3) is 4.94. The van der Waals surface area contributed by atoms with Gasteiger partial charge in [0, 0.05) is 37.7 Å². The van der Waals surface area contributed by atoms with Crippen LogP contribution in [0.2, 0.25) is 0 Å². The molecule has 1 unspecified atom stereocenters. The first kappa shape index (κ1) is 25.3. The molecule has 5 rings (SSSR count). The van der Waals surface area contributed by atoms with Crippen molar-refractivity contribution in [3.05, 3.63) is 58.9 Å². The number of pyridine rings is 2. The summed E-state index contributed by atoms with van der Waals surface area (Å²) in [6.45, 7) is 1.75. The van der Waals surface area contributed by atoms with Gasteiger partial charge in [0.05, 0.1) is 11.7 Å². The summed E-state index contributed by atoms with van der Waals surface area (Å²) in [6.07, 6.45) is 1.61. The van der Waals surface area contributed by atoms with Crippen LogP contribution in [0, 0.1) is 22.7 Å². The minimum atomic E-state index is -0.521. The fourth-order valence-corrected chi connectivity index (χ4v) is 5.41. The number of carbonyl (C=O) groups excluding carboxylic acids is 1. The van der Waals surface area contributed by atoms with Crippen LogP contribution in [0.4, 0.5) is 5.82 Å². The molecule has 1 amide bonds. The zero-order chi connectivity index (χ0) is 26.6. The van der Waals surface area contributed by atoms with E-state index in [-0.39, 0.29) is 17.0 Å². The molecule has 2 aliphatic heterocycles. The Bertz CT molecular complexity index is 1480. The molecule has 2 N–H and O–H groups in total. The van der Waals surface area contributed by atoms with E-state index in [0.717, 1.165) is 5.56 Å². The fraction of sp³-hybridized carbons (Fsp3) is 0.296. The predicted molar refractivity (Wildman–Crippen MR) is 140 cm³/mol. The molecule has 1 atom stereocenters. The largest absolute Gasteiger partial charge is 0.486 e. The minimum Gasteiger partial charge on any atom is -0.486 e. The molecule has 0 radical (unpaired) electrons. The highest BCUT2D eigenvalue weighted by Crippen LogP contribution is 2.42. The number of aliphatic hydroxyl groups is 1. The molecule has 2 aromatic heterocycles. The molecule has 0 spiro atoms. The highest BCUT2D eigenvalue weighted by molar-refractivity contribution is 7.98. The van der Waals surface area contributed by atoms with E-state index < -0.39 is 6.10 Å². The number of fused-ring (bicyclic) bond motifs is 1. The van der Waals surface area contributed by atoms with Crippen LogP contribution in [0.3, 0.4) is 0 Å². The summed E-state index contributed by atoms with van der Waals surface area (Å²) in [7, 11) is 1.54. The lowest BCUT2D eigenvalue weighted by molar-refractivity contribution is 0.0958. The maximum absolute atomic E-state index is 12.0. The Hall–Kier alpha value is -4.32. The van der Waals surface area contributed by atoms with Crippen molar-refractivity contribution in [3.63, 3.8) is 0 Å². The van der Waals surface area contributed by atoms with Crippen molar-refractivity contribution < 1.29 is 19.4 Å². The molecule has 0 aliphatic carbocycles. The number of hydrogen-bond donors (Lipinski definition) is 2. The van der Waals surface area contributed by atoms with E-state index in [1.165, 1.54) is 11.8 Å². The second-order valence-electron chi connectivity index (χ2n) is 8.75. The number of rotatable bonds is 6. The lowest BCUT2D eigenvalue weighted by Gasteiger charge is -2.23. The smallest absolute Gasteiger partial charge is 0.269 e. The predicted octanol–water partition coefficient (Wildman–Crippen LogP) is 2.88. The average molecular weight is 529 g/mol. The van der Waals surface area contributed by atoms with Crippen molar-refractivity contribution in [2.24, 2.45) is 0 Å². The van der Waals surface area contributed by atoms with Gasteiger partial charge in [0.15, 0.2) is 11.5 Å². The van der Waals surface area contributed by atoms with Gasteiger partial charge < -0.3 is 24.8 Å². The van der Waals surface area contributed by atoms with Crippen LogP contribution in [0.25, 0.3) is 11.1 Å². The van der Waals surface area contributed by atoms with E-state index in [1.54, 1.807) is 43.6 Å². The van der Waals surface area contributed by atoms with Gasteiger partial charge in [-0.1, -0.05) is 6.07 Å². The minimum absolute atomic E-state index is 0.266. The number of thioether (sulfide) groups is 1. The summed E-state index contributed by atoms with van der Waals surface area (Å²) in [5.74, 6) is 1.71. The van der Waals surface area contributed by atoms with Crippen molar-refractivity contribution in [2.45, 2.75) is 23.3 Å². The molecule has 1 fully saturated rings. The first-order chi connectivity index (χ1) is 18.5. The van der Waals surface area contributed by atoms with Crippen molar-refractivity contribution in [2.75, 3.05) is 38.3 Å². The van der Waals surface area contributed by atoms with Crippen molar-refractivity contribution in [1.29, 1.82) is 10.5 Å². The van der Waals surface area contributed by atoms with Gasteiger partial charge in [-0.25, -0.2) is 4.98 Å². The maximum atomic E-state index is 12.0. The number of aliphatic hydroxyl groups excluding tert-OH is 1. The second kappa shape index (κ2) is 11.0. The molecule has 192 valence electrons. The highest BCUT2D eigenvalue weighted by Gasteiger charge is 2.29. The molecule has 1 aromatic carbocycles. The lowest BCUT2D eigenvalue weighted by Crippen LogP contribution is -2.24. The van der Waals surface area contributed by atoms with E-state index in [2.05, 4.69) is 22.4 Å². The Morgan fingerprint density at radius 1 is 1.18 bits per heavy atom. The number of amides is 1. The first-order valence-corrected chi connectivity index (χ1v) is 13.0. The maximum Gasteiger partial charge on any atom is 0.269 e. The number of carbonyl (C=O) groups is 1. The number of ether oxygens (including phenoxy) is 2. The number of nitrogens with one attached hydrogen (secondary N) is 1. The van der Waals surface area contributed by atoms with Crippen LogP contribution in [-0.4, -0.2) is 60.4 Å². The number of benzene rings is 1. The summed E-state index contributed by atoms with van der Waals surface area (Å²) < 4.78 is 11.4. The number of nitriles is 2. The number of nitrogens with zero attached hydrogens (tertiary/aromatic N) is 5. The van der Waals surface area contributed by atoms with Crippen LogP contribution in [0.1, 0.15) is 33.6 Å². The molecule has 3 aromatic rings. The summed E-state index contributed by atoms with van der Waals surface area (Å²) in [4.78, 5) is 22.8. The van der Waals surface area contributed by atoms with Gasteiger partial charge >= 0.3 is 0 Å². The molecule has 10 nitrogen and oxygen atoms in total. The monoisotopic (exact) mass is 528 g/mol. The van der Waals surface area contributed by atoms with E-state index in [9.17, 15) is 20.4 Å². The normalized spacial score (nSPS) is 16.0. The number of β-amino-alcohol motifs (C(OH)–C–C–N with tert-alkyl or cyclic N) is 1. The summed E-state index contributed by atoms with van der Waals surface area (Å²) in [5, 5.41) is 33.7. The second-order valence-corrected chi connectivity index (χ2v) is 9.72. The molecule has 4 heterocycles. The summed E-state index contributed by atoms with van der Waals surface area (Å²) >= 11 is 1.34. The molecule has 2 aliphatic rings. The molecule has 0 bridgehead atoms. The highest BCUT2D eigenvalue weighted by atomic mass is 32.2. The SMILES string of the molecule is CNC(=O)c1cc(CSc2nc(N3CCC(O)C3)c(C#N)c(-c3ccc4c(c3)OCCO4)c2C#N)ccn1. The Labute approximate surface area is 223 Å². The molecule has 11 heteroatoms. The molecule has 1 saturated heterocycles. The van der Waals surface area contributed by atoms with E-state index in [0.29, 0.717) is 77.6 Å². The molecule has 38 heavy (non-hydrogen) atoms. The standard InChI is InChI=1S/C27H24N6O4S/c1-30-26(35)21-10-16(4-6-31-21)15-38-27-20(13-29)24(17-2-3-22-23(11-17)37-9-8-36-22)19(12-28)25(32-27)33-7-5-18(34)14-33/h2-4,6,10-11,18,34H,5,7-9,14-15H2,1H3,(H,30,35). The van der Waals surface area contributed by atoms with Gasteiger partial charge in [-0.05, 0) is 41.8 Å². The number of hydrogen-bond acceptors (Lipinski definition) is 10. The Balaban J connectivity index is 1.61. The number of aromatic nitrogens is 2. The van der Waals surface area contributed by atoms with Gasteiger partial charge in [-0.2, -0.15) is 10.5 Å². The third-order valence-corrected chi connectivity index (χ3v) is 7.37. The van der Waals surface area contributed by atoms with Crippen LogP contribution in [0.15, 0.2) is 41.6 Å².